The fourth-order valence-corrected chi connectivity index (χ4v) is 2.47. The quantitative estimate of drug-likeness (QED) is 0.643. The summed E-state index contributed by atoms with van der Waals surface area (Å²) in [5.74, 6) is 0. The predicted octanol–water partition coefficient (Wildman–Crippen LogP) is 4.92. The maximum atomic E-state index is 3.64. The first-order valence-electron chi connectivity index (χ1n) is 7.45. The lowest BCUT2D eigenvalue weighted by Crippen LogP contribution is -2.20. The van der Waals surface area contributed by atoms with Gasteiger partial charge in [0.25, 0.3) is 0 Å². The van der Waals surface area contributed by atoms with Gasteiger partial charge in [-0.25, -0.2) is 0 Å². The second-order valence-electron chi connectivity index (χ2n) is 5.45. The van der Waals surface area contributed by atoms with E-state index in [1.54, 1.807) is 0 Å². The van der Waals surface area contributed by atoms with Crippen LogP contribution in [0.2, 0.25) is 0 Å². The molecule has 102 valence electrons. The maximum Gasteiger partial charge on any atom is 0.0294 e. The standard InChI is InChI=1S/C17H29N/c1-5-6-7-8-9-12-18-16(4)17-11-10-14(2)13-15(17)3/h10-11,13,16,18H,5-9,12H2,1-4H3. The van der Waals surface area contributed by atoms with Gasteiger partial charge in [-0.15, -0.1) is 0 Å². The Morgan fingerprint density at radius 1 is 1.06 bits per heavy atom. The Kier molecular flexibility index (Phi) is 7.04. The summed E-state index contributed by atoms with van der Waals surface area (Å²) in [7, 11) is 0. The third-order valence-corrected chi connectivity index (χ3v) is 3.62. The van der Waals surface area contributed by atoms with Crippen LogP contribution in [0, 0.1) is 13.8 Å². The van der Waals surface area contributed by atoms with Crippen molar-refractivity contribution in [2.24, 2.45) is 0 Å². The highest BCUT2D eigenvalue weighted by Gasteiger charge is 2.07. The summed E-state index contributed by atoms with van der Waals surface area (Å²) in [5.41, 5.74) is 4.19. The summed E-state index contributed by atoms with van der Waals surface area (Å²) in [6.45, 7) is 10.0. The first kappa shape index (κ1) is 15.2. The molecule has 1 unspecified atom stereocenters. The van der Waals surface area contributed by atoms with Crippen LogP contribution < -0.4 is 5.32 Å². The third kappa shape index (κ3) is 5.22. The molecule has 0 aromatic heterocycles. The summed E-state index contributed by atoms with van der Waals surface area (Å²) in [5, 5.41) is 3.64. The molecule has 1 aromatic carbocycles. The second-order valence-corrected chi connectivity index (χ2v) is 5.45. The van der Waals surface area contributed by atoms with Crippen molar-refractivity contribution in [1.29, 1.82) is 0 Å². The molecule has 1 atom stereocenters. The van der Waals surface area contributed by atoms with E-state index in [9.17, 15) is 0 Å². The van der Waals surface area contributed by atoms with Gasteiger partial charge < -0.3 is 5.32 Å². The van der Waals surface area contributed by atoms with Crippen LogP contribution in [0.3, 0.4) is 0 Å². The van der Waals surface area contributed by atoms with Crippen LogP contribution in [0.4, 0.5) is 0 Å². The van der Waals surface area contributed by atoms with E-state index in [0.29, 0.717) is 6.04 Å². The zero-order valence-electron chi connectivity index (χ0n) is 12.6. The summed E-state index contributed by atoms with van der Waals surface area (Å²) in [6.07, 6.45) is 6.75. The largest absolute Gasteiger partial charge is 0.310 e. The normalized spacial score (nSPS) is 12.7. The molecule has 1 N–H and O–H groups in total. The van der Waals surface area contributed by atoms with Gasteiger partial charge in [-0.2, -0.15) is 0 Å². The smallest absolute Gasteiger partial charge is 0.0294 e. The molecule has 0 radical (unpaired) electrons. The van der Waals surface area contributed by atoms with E-state index in [0.717, 1.165) is 6.54 Å². The minimum atomic E-state index is 0.469. The van der Waals surface area contributed by atoms with Crippen LogP contribution >= 0.6 is 0 Å². The molecule has 0 fully saturated rings. The molecular weight excluding hydrogens is 218 g/mol. The summed E-state index contributed by atoms with van der Waals surface area (Å²) >= 11 is 0. The minimum absolute atomic E-state index is 0.469. The Morgan fingerprint density at radius 2 is 1.78 bits per heavy atom. The topological polar surface area (TPSA) is 12.0 Å². The van der Waals surface area contributed by atoms with E-state index in [-0.39, 0.29) is 0 Å². The average molecular weight is 247 g/mol. The van der Waals surface area contributed by atoms with Crippen LogP contribution in [0.5, 0.6) is 0 Å². The second kappa shape index (κ2) is 8.31. The zero-order valence-corrected chi connectivity index (χ0v) is 12.6. The van der Waals surface area contributed by atoms with Gasteiger partial charge in [0, 0.05) is 6.04 Å². The minimum Gasteiger partial charge on any atom is -0.310 e. The lowest BCUT2D eigenvalue weighted by Gasteiger charge is -2.17. The lowest BCUT2D eigenvalue weighted by molar-refractivity contribution is 0.530. The van der Waals surface area contributed by atoms with E-state index in [4.69, 9.17) is 0 Å². The molecule has 0 saturated carbocycles. The predicted molar refractivity (Wildman–Crippen MR) is 81.1 cm³/mol. The molecule has 1 heteroatoms. The van der Waals surface area contributed by atoms with Crippen LogP contribution in [0.15, 0.2) is 18.2 Å². The van der Waals surface area contributed by atoms with Crippen molar-refractivity contribution in [1.82, 2.24) is 5.32 Å². The number of aryl methyl sites for hydroxylation is 2. The Bertz CT molecular complexity index is 343. The van der Waals surface area contributed by atoms with E-state index in [1.807, 2.05) is 0 Å². The molecule has 0 spiro atoms. The number of nitrogens with one attached hydrogen (secondary N) is 1. The van der Waals surface area contributed by atoms with Crippen molar-refractivity contribution in [3.8, 4) is 0 Å². The Labute approximate surface area is 113 Å². The number of unbranched alkanes of at least 4 members (excludes halogenated alkanes) is 4. The number of hydrogen-bond acceptors (Lipinski definition) is 1. The molecule has 0 aliphatic heterocycles. The van der Waals surface area contributed by atoms with Gasteiger partial charge >= 0.3 is 0 Å². The monoisotopic (exact) mass is 247 g/mol. The van der Waals surface area contributed by atoms with Crippen LogP contribution in [-0.4, -0.2) is 6.54 Å². The molecule has 1 rings (SSSR count). The van der Waals surface area contributed by atoms with Crippen LogP contribution in [0.1, 0.15) is 68.7 Å². The first-order valence-corrected chi connectivity index (χ1v) is 7.45. The molecule has 0 saturated heterocycles. The highest BCUT2D eigenvalue weighted by atomic mass is 14.9. The summed E-state index contributed by atoms with van der Waals surface area (Å²) < 4.78 is 0. The molecule has 0 aliphatic carbocycles. The van der Waals surface area contributed by atoms with Gasteiger partial charge in [-0.1, -0.05) is 56.4 Å². The molecule has 18 heavy (non-hydrogen) atoms. The number of hydrogen-bond donors (Lipinski definition) is 1. The van der Waals surface area contributed by atoms with Crippen molar-refractivity contribution in [3.05, 3.63) is 34.9 Å². The molecule has 1 aromatic rings. The van der Waals surface area contributed by atoms with Gasteiger partial charge in [-0.3, -0.25) is 0 Å². The molecule has 0 amide bonds. The van der Waals surface area contributed by atoms with Crippen molar-refractivity contribution >= 4 is 0 Å². The fourth-order valence-electron chi connectivity index (χ4n) is 2.47. The van der Waals surface area contributed by atoms with Crippen LogP contribution in [-0.2, 0) is 0 Å². The molecule has 1 nitrogen and oxygen atoms in total. The van der Waals surface area contributed by atoms with Gasteiger partial charge in [-0.05, 0) is 44.9 Å². The Morgan fingerprint density at radius 3 is 2.44 bits per heavy atom. The van der Waals surface area contributed by atoms with Crippen molar-refractivity contribution in [2.45, 2.75) is 65.8 Å². The van der Waals surface area contributed by atoms with E-state index in [2.05, 4.69) is 51.2 Å². The Balaban J connectivity index is 2.29. The summed E-state index contributed by atoms with van der Waals surface area (Å²) in [6, 6.07) is 7.22. The van der Waals surface area contributed by atoms with Gasteiger partial charge in [0.2, 0.25) is 0 Å². The fraction of sp³-hybridized carbons (Fsp3) is 0.647. The highest BCUT2D eigenvalue weighted by molar-refractivity contribution is 5.32. The van der Waals surface area contributed by atoms with Crippen molar-refractivity contribution in [3.63, 3.8) is 0 Å². The Hall–Kier alpha value is -0.820. The van der Waals surface area contributed by atoms with E-state index < -0.39 is 0 Å². The third-order valence-electron chi connectivity index (χ3n) is 3.62. The van der Waals surface area contributed by atoms with Crippen molar-refractivity contribution < 1.29 is 0 Å². The zero-order chi connectivity index (χ0) is 13.4. The lowest BCUT2D eigenvalue weighted by atomic mass is 10.0. The van der Waals surface area contributed by atoms with Gasteiger partial charge in [0.15, 0.2) is 0 Å². The molecule has 0 heterocycles. The highest BCUT2D eigenvalue weighted by Crippen LogP contribution is 2.18. The molecule has 0 aliphatic rings. The maximum absolute atomic E-state index is 3.64. The van der Waals surface area contributed by atoms with E-state index >= 15 is 0 Å². The molecule has 0 bridgehead atoms. The van der Waals surface area contributed by atoms with Crippen LogP contribution in [0.25, 0.3) is 0 Å². The van der Waals surface area contributed by atoms with E-state index in [1.165, 1.54) is 48.8 Å². The average Bonchev–Trinajstić information content (AvgIpc) is 2.33. The SMILES string of the molecule is CCCCCCCNC(C)c1ccc(C)cc1C. The van der Waals surface area contributed by atoms with Gasteiger partial charge in [0.1, 0.15) is 0 Å². The number of rotatable bonds is 8. The van der Waals surface area contributed by atoms with Gasteiger partial charge in [0.05, 0.1) is 0 Å². The molecular formula is C17H29N. The number of benzene rings is 1. The first-order chi connectivity index (χ1) is 8.65. The van der Waals surface area contributed by atoms with Crippen molar-refractivity contribution in [2.75, 3.05) is 6.54 Å². The summed E-state index contributed by atoms with van der Waals surface area (Å²) in [4.78, 5) is 0.